The summed E-state index contributed by atoms with van der Waals surface area (Å²) in [6.45, 7) is 4.09. The van der Waals surface area contributed by atoms with Crippen LogP contribution >= 0.6 is 11.3 Å². The first-order valence-electron chi connectivity index (χ1n) is 14.8. The smallest absolute Gasteiger partial charge is 0.338 e. The molecule has 47 heavy (non-hydrogen) atoms. The maximum absolute atomic E-state index is 15.9. The maximum atomic E-state index is 15.9. The third kappa shape index (κ3) is 6.47. The molecule has 2 saturated heterocycles. The van der Waals surface area contributed by atoms with Crippen LogP contribution in [0.3, 0.4) is 0 Å². The fourth-order valence-electron chi connectivity index (χ4n) is 6.07. The van der Waals surface area contributed by atoms with Crippen LogP contribution in [0.1, 0.15) is 50.7 Å². The number of nitrogens with zero attached hydrogens (tertiary/aromatic N) is 5. The zero-order valence-corrected chi connectivity index (χ0v) is 26.7. The number of amidine groups is 1. The lowest BCUT2D eigenvalue weighted by molar-refractivity contribution is -0.156. The lowest BCUT2D eigenvalue weighted by Crippen LogP contribution is -2.52. The van der Waals surface area contributed by atoms with E-state index in [9.17, 15) is 28.3 Å². The standard InChI is InChI=1S/C30H33F5N6O5S/c1-5-46-27(43)20-18(37-25(26-36-9-11-47-26)38-23(20)16-6-7-17(31)22(33)21(16)32)12-39-14-30(34,35)24-19(39)13-41(15(2)42)40(24)10-8-29(3,4)28(44)45/h6-7,9,11,19,23-24H,5,8,10,12-14H2,1-4H3,(H,37,38)(H,44,45)/t19-,23+,24+/m1/s1. The second-order valence-corrected chi connectivity index (χ2v) is 13.0. The highest BCUT2D eigenvalue weighted by Crippen LogP contribution is 2.43. The van der Waals surface area contributed by atoms with Gasteiger partial charge in [0, 0.05) is 42.9 Å². The summed E-state index contributed by atoms with van der Waals surface area (Å²) >= 11 is 1.13. The number of fused-ring (bicyclic) bond motifs is 1. The number of rotatable bonds is 10. The molecule has 0 aliphatic carbocycles. The van der Waals surface area contributed by atoms with E-state index >= 15 is 13.2 Å². The van der Waals surface area contributed by atoms with E-state index in [2.05, 4.69) is 15.3 Å². The van der Waals surface area contributed by atoms with Crippen molar-refractivity contribution in [1.29, 1.82) is 0 Å². The SMILES string of the molecule is CCOC(=O)C1=C(CN2CC(F)(F)[C@@H]3[C@H]2CN(C(C)=O)N3CCC(C)(C)C(=O)O)NC(c2nccs2)=N[C@H]1c1ccc(F)c(F)c1F. The van der Waals surface area contributed by atoms with E-state index < -0.39 is 76.9 Å². The number of aliphatic imine (C=N–C) groups is 1. The van der Waals surface area contributed by atoms with E-state index in [1.54, 1.807) is 5.38 Å². The summed E-state index contributed by atoms with van der Waals surface area (Å²) in [5.74, 6) is -10.8. The topological polar surface area (TPSA) is 128 Å². The number of aliphatic carboxylic acids is 1. The van der Waals surface area contributed by atoms with Crippen LogP contribution in [0.5, 0.6) is 0 Å². The lowest BCUT2D eigenvalue weighted by Gasteiger charge is -2.35. The van der Waals surface area contributed by atoms with Crippen LogP contribution in [-0.4, -0.2) is 99.5 Å². The fourth-order valence-corrected chi connectivity index (χ4v) is 6.66. The molecule has 0 unspecified atom stereocenters. The van der Waals surface area contributed by atoms with Gasteiger partial charge in [-0.15, -0.1) is 11.3 Å². The number of aromatic nitrogens is 1. The molecule has 2 aromatic rings. The fraction of sp³-hybridized carbons (Fsp3) is 0.500. The van der Waals surface area contributed by atoms with Gasteiger partial charge in [0.1, 0.15) is 12.1 Å². The molecule has 1 amide bonds. The molecule has 1 aromatic carbocycles. The molecule has 2 N–H and O–H groups in total. The van der Waals surface area contributed by atoms with E-state index in [-0.39, 0.29) is 49.8 Å². The number of hydrogen-bond acceptors (Lipinski definition) is 10. The number of thiazole rings is 1. The van der Waals surface area contributed by atoms with Crippen molar-refractivity contribution in [3.05, 3.63) is 63.0 Å². The van der Waals surface area contributed by atoms with Gasteiger partial charge >= 0.3 is 11.9 Å². The van der Waals surface area contributed by atoms with Gasteiger partial charge in [0.15, 0.2) is 28.3 Å². The summed E-state index contributed by atoms with van der Waals surface area (Å²) in [7, 11) is 0. The second-order valence-electron chi connectivity index (χ2n) is 12.1. The van der Waals surface area contributed by atoms with Gasteiger partial charge in [-0.1, -0.05) is 6.07 Å². The van der Waals surface area contributed by atoms with Gasteiger partial charge in [-0.25, -0.2) is 36.7 Å². The van der Waals surface area contributed by atoms with Crippen molar-refractivity contribution < 1.29 is 46.2 Å². The maximum Gasteiger partial charge on any atom is 0.338 e. The number of carbonyl (C=O) groups excluding carboxylic acids is 2. The van der Waals surface area contributed by atoms with Gasteiger partial charge in [0.2, 0.25) is 5.91 Å². The van der Waals surface area contributed by atoms with E-state index in [1.807, 2.05) is 0 Å². The van der Waals surface area contributed by atoms with E-state index in [1.165, 1.54) is 48.8 Å². The summed E-state index contributed by atoms with van der Waals surface area (Å²) in [4.78, 5) is 47.8. The molecule has 2 fully saturated rings. The summed E-state index contributed by atoms with van der Waals surface area (Å²) in [5.41, 5.74) is -2.05. The van der Waals surface area contributed by atoms with Crippen molar-refractivity contribution in [2.45, 2.75) is 58.2 Å². The second kappa shape index (κ2) is 12.9. The number of likely N-dealkylation sites (tertiary alicyclic amines) is 1. The number of carboxylic acid groups (broad SMARTS) is 1. The van der Waals surface area contributed by atoms with Crippen LogP contribution in [0.25, 0.3) is 0 Å². The monoisotopic (exact) mass is 684 g/mol. The van der Waals surface area contributed by atoms with Crippen molar-refractivity contribution in [1.82, 2.24) is 25.2 Å². The average molecular weight is 685 g/mol. The minimum atomic E-state index is -3.39. The molecule has 4 heterocycles. The number of carboxylic acids is 1. The Morgan fingerprint density at radius 3 is 2.53 bits per heavy atom. The third-order valence-electron chi connectivity index (χ3n) is 8.56. The van der Waals surface area contributed by atoms with Gasteiger partial charge < -0.3 is 15.2 Å². The minimum Gasteiger partial charge on any atom is -0.481 e. The molecule has 1 aromatic heterocycles. The number of amides is 1. The van der Waals surface area contributed by atoms with Crippen LogP contribution in [0, 0.1) is 22.9 Å². The molecule has 3 atom stereocenters. The van der Waals surface area contributed by atoms with Gasteiger partial charge in [-0.3, -0.25) is 24.5 Å². The molecule has 0 bridgehead atoms. The Morgan fingerprint density at radius 1 is 1.19 bits per heavy atom. The largest absolute Gasteiger partial charge is 0.481 e. The summed E-state index contributed by atoms with van der Waals surface area (Å²) in [6, 6.07) is -2.41. The Kier molecular flexibility index (Phi) is 9.45. The molecule has 17 heteroatoms. The Balaban J connectivity index is 1.57. The number of alkyl halides is 2. The molecular weight excluding hydrogens is 651 g/mol. The number of nitrogens with one attached hydrogen (secondary N) is 1. The first kappa shape index (κ1) is 34.4. The number of ether oxygens (including phenoxy) is 1. The zero-order valence-electron chi connectivity index (χ0n) is 25.9. The van der Waals surface area contributed by atoms with Crippen LogP contribution < -0.4 is 5.32 Å². The first-order chi connectivity index (χ1) is 22.1. The number of halogens is 5. The van der Waals surface area contributed by atoms with Crippen molar-refractivity contribution in [2.24, 2.45) is 10.4 Å². The van der Waals surface area contributed by atoms with Gasteiger partial charge in [-0.2, -0.15) is 0 Å². The third-order valence-corrected chi connectivity index (χ3v) is 9.34. The highest BCUT2D eigenvalue weighted by atomic mass is 32.1. The highest BCUT2D eigenvalue weighted by Gasteiger charge is 2.62. The van der Waals surface area contributed by atoms with E-state index in [0.717, 1.165) is 17.4 Å². The quantitative estimate of drug-likeness (QED) is 0.219. The molecule has 0 radical (unpaired) electrons. The number of esters is 1. The average Bonchev–Trinajstić information content (AvgIpc) is 3.72. The predicted octanol–water partition coefficient (Wildman–Crippen LogP) is 3.74. The van der Waals surface area contributed by atoms with Crippen molar-refractivity contribution in [2.75, 3.05) is 32.8 Å². The molecule has 254 valence electrons. The molecule has 3 aliphatic rings. The summed E-state index contributed by atoms with van der Waals surface area (Å²) in [5, 5.41) is 16.8. The van der Waals surface area contributed by atoms with Gasteiger partial charge in [0.05, 0.1) is 36.7 Å². The number of hydrazine groups is 1. The van der Waals surface area contributed by atoms with Crippen molar-refractivity contribution in [3.8, 4) is 0 Å². The first-order valence-corrected chi connectivity index (χ1v) is 15.6. The van der Waals surface area contributed by atoms with Crippen molar-refractivity contribution in [3.63, 3.8) is 0 Å². The van der Waals surface area contributed by atoms with Gasteiger partial charge in [-0.05, 0) is 33.3 Å². The highest BCUT2D eigenvalue weighted by molar-refractivity contribution is 7.11. The Hall–Kier alpha value is -3.96. The molecule has 0 spiro atoms. The van der Waals surface area contributed by atoms with Crippen LogP contribution in [0.4, 0.5) is 22.0 Å². The minimum absolute atomic E-state index is 0.00549. The number of carbonyl (C=O) groups is 3. The van der Waals surface area contributed by atoms with Gasteiger partial charge in [0.25, 0.3) is 5.92 Å². The molecule has 3 aliphatic heterocycles. The summed E-state index contributed by atoms with van der Waals surface area (Å²) in [6.07, 6.45) is 1.43. The zero-order chi connectivity index (χ0) is 34.4. The molecule has 0 saturated carbocycles. The van der Waals surface area contributed by atoms with Crippen LogP contribution in [-0.2, 0) is 19.1 Å². The van der Waals surface area contributed by atoms with Crippen LogP contribution in [0.15, 0.2) is 40.0 Å². The van der Waals surface area contributed by atoms with E-state index in [0.29, 0.717) is 11.1 Å². The Labute approximate surface area is 270 Å². The molecule has 5 rings (SSSR count). The van der Waals surface area contributed by atoms with E-state index in [4.69, 9.17) is 4.74 Å². The predicted molar refractivity (Wildman–Crippen MR) is 159 cm³/mol. The van der Waals surface area contributed by atoms with Crippen LogP contribution in [0.2, 0.25) is 0 Å². The molecule has 11 nitrogen and oxygen atoms in total. The lowest BCUT2D eigenvalue weighted by atomic mass is 9.89. The Bertz CT molecular complexity index is 1630. The van der Waals surface area contributed by atoms with Crippen molar-refractivity contribution >= 4 is 35.0 Å². The normalized spacial score (nSPS) is 23.0. The number of hydrogen-bond donors (Lipinski definition) is 2. The molecular formula is C30H33F5N6O5S. The summed E-state index contributed by atoms with van der Waals surface area (Å²) < 4.78 is 80.6. The number of benzene rings is 1. The Morgan fingerprint density at radius 2 is 1.91 bits per heavy atom.